The molecule has 0 fully saturated rings. The Morgan fingerprint density at radius 3 is 0.740 bits per heavy atom. The maximum absolute atomic E-state index is 6.16. The van der Waals surface area contributed by atoms with Gasteiger partial charge in [0.15, 0.2) is 5.82 Å². The summed E-state index contributed by atoms with van der Waals surface area (Å²) in [5.41, 5.74) is 43.5. The lowest BCUT2D eigenvalue weighted by atomic mass is 9.34. The largest absolute Gasteiger partial charge is 0.310 e. The van der Waals surface area contributed by atoms with Gasteiger partial charge in [-0.3, -0.25) is 0 Å². The SMILES string of the molecule is CC(C)(C)c1cc(-c2ccc3c(c2)c2c(-c4cc(C(C)(C)C)cc(C(C)(C)C)c4)ccc4c2n3-c2cc(-c3nc(-c5cc(-c6ccccc6)cc(-c6ccccc6)c5)cc(-c5cc(-c6ccccc6)cc(-c6ccccc6)c5)n3)cc3c2B4c2ccc(-c4cc(C(C)(C)C)cc(C(C)(C)C)c4)c4c5cc(-c6cc(C(C)(C)C)cc(C(C)(C)C)c6)ccc5n-3c24)cc(C(C)(C)C)c1. The van der Waals surface area contributed by atoms with Crippen LogP contribution in [0.5, 0.6) is 0 Å². The molecule has 5 heterocycles. The zero-order valence-electron chi connectivity index (χ0n) is 81.3. The second kappa shape index (κ2) is 30.8. The van der Waals surface area contributed by atoms with E-state index < -0.39 is 0 Å². The minimum atomic E-state index is -0.250. The standard InChI is InChI=1S/C126H123BN4/c1-119(2,3)93-59-86(60-94(71-93)120(4,5)6)80-45-51-109-103(67-80)113-101(88-63-97(123(13,14)15)73-98(64-88)124(16,17)18)47-49-105-116(113)130(109)111-69-92(118-128-107(90-55-82(76-37-29-25-30-38-76)53-83(56-90)77-39-31-26-32-40-77)75-108(129-118)91-57-84(78-41-33-27-34-42-78)54-85(58-91)79-43-35-28-36-44-79)70-112-115(111)127(105)106-50-48-102(89-65-99(125(19,20)21)74-100(66-89)126(22,23)24)114-104-68-81(46-52-110(104)131(112)117(106)114)87-61-95(121(7,8)9)72-96(62-87)122(10,11)12/h25-75H,1-24H3. The second-order valence-corrected chi connectivity index (χ2v) is 46.1. The van der Waals surface area contributed by atoms with E-state index in [1.54, 1.807) is 0 Å². The summed E-state index contributed by atoms with van der Waals surface area (Å²) in [6, 6.07) is 120. The topological polar surface area (TPSA) is 35.6 Å². The molecule has 20 rings (SSSR count). The van der Waals surface area contributed by atoms with Crippen LogP contribution in [-0.2, 0) is 43.3 Å². The van der Waals surface area contributed by atoms with Crippen LogP contribution in [-0.4, -0.2) is 25.8 Å². The molecule has 0 aliphatic carbocycles. The summed E-state index contributed by atoms with van der Waals surface area (Å²) >= 11 is 0. The van der Waals surface area contributed by atoms with Gasteiger partial charge in [-0.25, -0.2) is 9.97 Å². The predicted molar refractivity (Wildman–Crippen MR) is 565 cm³/mol. The van der Waals surface area contributed by atoms with Gasteiger partial charge in [0, 0.05) is 60.6 Å². The van der Waals surface area contributed by atoms with Crippen molar-refractivity contribution in [1.82, 2.24) is 19.1 Å². The average molecular weight is 1700 g/mol. The second-order valence-electron chi connectivity index (χ2n) is 46.1. The normalized spacial score (nSPS) is 13.2. The summed E-state index contributed by atoms with van der Waals surface area (Å²) in [4.78, 5) is 12.3. The fourth-order valence-corrected chi connectivity index (χ4v) is 20.3. The number of aromatic nitrogens is 4. The lowest BCUT2D eigenvalue weighted by Crippen LogP contribution is -2.59. The van der Waals surface area contributed by atoms with Crippen molar-refractivity contribution in [1.29, 1.82) is 0 Å². The number of nitrogens with zero attached hydrogens (tertiary/aromatic N) is 4. The van der Waals surface area contributed by atoms with Gasteiger partial charge in [0.1, 0.15) is 0 Å². The molecule has 0 radical (unpaired) electrons. The molecule has 18 aromatic rings. The zero-order chi connectivity index (χ0) is 92.0. The highest BCUT2D eigenvalue weighted by atomic mass is 15.0. The first-order valence-electron chi connectivity index (χ1n) is 47.4. The molecule has 0 spiro atoms. The number of hydrogen-bond acceptors (Lipinski definition) is 2. The Kier molecular flexibility index (Phi) is 20.3. The molecular weight excluding hydrogens is 1580 g/mol. The molecule has 0 amide bonds. The Morgan fingerprint density at radius 1 is 0.206 bits per heavy atom. The summed E-state index contributed by atoms with van der Waals surface area (Å²) < 4.78 is 5.40. The predicted octanol–water partition coefficient (Wildman–Crippen LogP) is 32.5. The van der Waals surface area contributed by atoms with Crippen molar-refractivity contribution in [3.8, 4) is 134 Å². The maximum atomic E-state index is 6.16. The highest BCUT2D eigenvalue weighted by Crippen LogP contribution is 2.51. The molecule has 0 N–H and O–H groups in total. The van der Waals surface area contributed by atoms with Crippen LogP contribution in [0.4, 0.5) is 0 Å². The van der Waals surface area contributed by atoms with Crippen molar-refractivity contribution in [2.45, 2.75) is 209 Å². The van der Waals surface area contributed by atoms with Crippen LogP contribution in [0.2, 0.25) is 0 Å². The molecule has 0 saturated heterocycles. The lowest BCUT2D eigenvalue weighted by molar-refractivity contribution is 0.568. The highest BCUT2D eigenvalue weighted by Gasteiger charge is 2.44. The third-order valence-corrected chi connectivity index (χ3v) is 28.2. The van der Waals surface area contributed by atoms with E-state index in [1.807, 2.05) is 0 Å². The van der Waals surface area contributed by atoms with E-state index in [0.717, 1.165) is 95.0 Å². The molecule has 131 heavy (non-hydrogen) atoms. The summed E-state index contributed by atoms with van der Waals surface area (Å²) in [6.07, 6.45) is 0. The van der Waals surface area contributed by atoms with Crippen molar-refractivity contribution >= 4 is 66.7 Å². The Labute approximate surface area is 778 Å². The Morgan fingerprint density at radius 2 is 0.466 bits per heavy atom. The van der Waals surface area contributed by atoms with E-state index in [2.05, 4.69) is 485 Å². The van der Waals surface area contributed by atoms with Gasteiger partial charge in [-0.1, -0.05) is 397 Å². The van der Waals surface area contributed by atoms with Crippen LogP contribution in [0.25, 0.3) is 178 Å². The summed E-state index contributed by atoms with van der Waals surface area (Å²) in [5.74, 6) is 0.624. The summed E-state index contributed by atoms with van der Waals surface area (Å²) in [5, 5.41) is 4.91. The summed E-state index contributed by atoms with van der Waals surface area (Å²) in [7, 11) is 0. The first-order valence-corrected chi connectivity index (χ1v) is 47.4. The van der Waals surface area contributed by atoms with Crippen LogP contribution in [0.15, 0.2) is 309 Å². The van der Waals surface area contributed by atoms with Crippen LogP contribution in [0, 0.1) is 0 Å². The third-order valence-electron chi connectivity index (χ3n) is 28.2. The molecule has 5 heteroatoms. The first-order chi connectivity index (χ1) is 61.9. The lowest BCUT2D eigenvalue weighted by Gasteiger charge is -2.34. The van der Waals surface area contributed by atoms with Crippen LogP contribution in [0.1, 0.15) is 211 Å². The maximum Gasteiger partial charge on any atom is 0.252 e. The Hall–Kier alpha value is -13.0. The molecule has 0 saturated carbocycles. The smallest absolute Gasteiger partial charge is 0.252 e. The van der Waals surface area contributed by atoms with Crippen molar-refractivity contribution in [2.75, 3.05) is 0 Å². The number of rotatable bonds is 11. The van der Waals surface area contributed by atoms with Gasteiger partial charge in [0.25, 0.3) is 6.71 Å². The van der Waals surface area contributed by atoms with Gasteiger partial charge >= 0.3 is 0 Å². The van der Waals surface area contributed by atoms with Gasteiger partial charge in [-0.05, 0) is 272 Å². The van der Waals surface area contributed by atoms with Gasteiger partial charge in [-0.2, -0.15) is 0 Å². The van der Waals surface area contributed by atoms with Gasteiger partial charge in [-0.15, -0.1) is 0 Å². The van der Waals surface area contributed by atoms with E-state index in [0.29, 0.717) is 5.82 Å². The molecule has 0 bridgehead atoms. The van der Waals surface area contributed by atoms with Crippen LogP contribution >= 0.6 is 0 Å². The summed E-state index contributed by atoms with van der Waals surface area (Å²) in [6.45, 7) is 56.6. The van der Waals surface area contributed by atoms with Gasteiger partial charge in [0.2, 0.25) is 0 Å². The number of hydrogen-bond donors (Lipinski definition) is 0. The van der Waals surface area contributed by atoms with E-state index in [-0.39, 0.29) is 50.0 Å². The fourth-order valence-electron chi connectivity index (χ4n) is 20.3. The van der Waals surface area contributed by atoms with Gasteiger partial charge in [0.05, 0.1) is 22.4 Å². The number of fused-ring (bicyclic) bond motifs is 10. The van der Waals surface area contributed by atoms with Gasteiger partial charge < -0.3 is 9.13 Å². The van der Waals surface area contributed by atoms with E-state index >= 15 is 0 Å². The van der Waals surface area contributed by atoms with E-state index in [4.69, 9.17) is 9.97 Å². The minimum absolute atomic E-state index is 0.102. The minimum Gasteiger partial charge on any atom is -0.310 e. The molecule has 3 aromatic heterocycles. The zero-order valence-corrected chi connectivity index (χ0v) is 81.3. The highest BCUT2D eigenvalue weighted by molar-refractivity contribution is 7.00. The first kappa shape index (κ1) is 86.1. The van der Waals surface area contributed by atoms with Crippen molar-refractivity contribution in [2.24, 2.45) is 0 Å². The van der Waals surface area contributed by atoms with Crippen molar-refractivity contribution in [3.05, 3.63) is 354 Å². The van der Waals surface area contributed by atoms with Crippen molar-refractivity contribution in [3.63, 3.8) is 0 Å². The monoisotopic (exact) mass is 1700 g/mol. The number of benzene rings is 15. The Balaban J connectivity index is 0.969. The molecule has 2 aliphatic heterocycles. The molecule has 2 aliphatic rings. The molecule has 0 unspecified atom stereocenters. The third kappa shape index (κ3) is 15.6. The molecular formula is C126H123BN4. The van der Waals surface area contributed by atoms with Crippen molar-refractivity contribution < 1.29 is 0 Å². The molecule has 4 nitrogen and oxygen atoms in total. The van der Waals surface area contributed by atoms with E-state index in [1.165, 1.54) is 138 Å². The quantitative estimate of drug-likeness (QED) is 0.121. The van der Waals surface area contributed by atoms with Crippen LogP contribution in [0.3, 0.4) is 0 Å². The van der Waals surface area contributed by atoms with Crippen LogP contribution < -0.4 is 16.4 Å². The Bertz CT molecular complexity index is 6970. The molecule has 0 atom stereocenters. The average Bonchev–Trinajstić information content (AvgIpc) is 1.50. The molecule has 650 valence electrons. The molecule has 15 aromatic carbocycles. The fraction of sp³-hybridized carbons (Fsp3) is 0.254. The van der Waals surface area contributed by atoms with E-state index in [9.17, 15) is 0 Å².